The average Bonchev–Trinajstić information content (AvgIpc) is 3.32. The molecular weight excluding hydrogens is 663 g/mol. The molecule has 0 aromatic heterocycles. The molecule has 0 aromatic rings. The van der Waals surface area contributed by atoms with Crippen LogP contribution in [0.3, 0.4) is 0 Å². The van der Waals surface area contributed by atoms with Gasteiger partial charge in [-0.05, 0) is 31.6 Å². The zero-order chi connectivity index (χ0) is 37.2. The number of carbonyl (C=O) groups excluding carboxylic acids is 3. The first-order chi connectivity index (χ1) is 23.8. The summed E-state index contributed by atoms with van der Waals surface area (Å²) < 4.78 is 26.3. The normalized spacial score (nSPS) is 19.4. The Bertz CT molecular complexity index is 995. The maximum Gasteiger partial charge on any atom is 0.469 e. The van der Waals surface area contributed by atoms with Gasteiger partial charge >= 0.3 is 19.8 Å². The second kappa shape index (κ2) is 28.0. The summed E-state index contributed by atoms with van der Waals surface area (Å²) in [5, 5.41) is 20.6. The first-order valence-corrected chi connectivity index (χ1v) is 21.0. The van der Waals surface area contributed by atoms with Crippen molar-refractivity contribution in [2.75, 3.05) is 13.2 Å². The molecule has 0 heterocycles. The van der Waals surface area contributed by atoms with Gasteiger partial charge in [0.1, 0.15) is 12.4 Å². The predicted octanol–water partition coefficient (Wildman–Crippen LogP) is 7.90. The van der Waals surface area contributed by atoms with E-state index < -0.39 is 44.7 Å². The summed E-state index contributed by atoms with van der Waals surface area (Å²) in [5.74, 6) is -0.800. The highest BCUT2D eigenvalue weighted by atomic mass is 31.2. The van der Waals surface area contributed by atoms with Crippen molar-refractivity contribution in [2.45, 2.75) is 180 Å². The number of phosphoric ester groups is 1. The smallest absolute Gasteiger partial charge is 0.462 e. The highest BCUT2D eigenvalue weighted by Gasteiger charge is 2.39. The fourth-order valence-corrected chi connectivity index (χ4v) is 6.75. The summed E-state index contributed by atoms with van der Waals surface area (Å²) in [5.41, 5.74) is 0. The van der Waals surface area contributed by atoms with E-state index in [1.54, 1.807) is 12.2 Å². The lowest BCUT2D eigenvalue weighted by atomic mass is 9.88. The van der Waals surface area contributed by atoms with Gasteiger partial charge in [0.25, 0.3) is 0 Å². The molecule has 1 saturated carbocycles. The van der Waals surface area contributed by atoms with Crippen LogP contribution in [0.15, 0.2) is 12.2 Å². The van der Waals surface area contributed by atoms with E-state index in [4.69, 9.17) is 19.3 Å². The van der Waals surface area contributed by atoms with E-state index in [-0.39, 0.29) is 43.5 Å². The van der Waals surface area contributed by atoms with E-state index >= 15 is 0 Å². The number of rotatable bonds is 31. The van der Waals surface area contributed by atoms with Crippen molar-refractivity contribution in [3.05, 3.63) is 12.2 Å². The number of hydrogen-bond acceptors (Lipinski definition) is 9. The molecule has 50 heavy (non-hydrogen) atoms. The monoisotopic (exact) mass is 732 g/mol. The van der Waals surface area contributed by atoms with Crippen LogP contribution >= 0.6 is 7.82 Å². The molecule has 1 aliphatic rings. The maximum atomic E-state index is 12.5. The summed E-state index contributed by atoms with van der Waals surface area (Å²) in [6.07, 6.45) is 20.0. The number of ether oxygens (including phenoxy) is 2. The number of esters is 2. The minimum Gasteiger partial charge on any atom is -0.462 e. The van der Waals surface area contributed by atoms with Gasteiger partial charge in [0.2, 0.25) is 0 Å². The number of aliphatic hydroxyl groups is 2. The molecule has 11 nitrogen and oxygen atoms in total. The molecular formula is C38H69O11P. The standard InChI is InChI=1S/C38H69O11P/c1-4-5-15-21-31(39)25-26-34-33(35(40)27-36(34)41)22-17-13-14-18-23-37(42)47-28-32(29-48-50(44,45)46)49-38(43)24-19-12-10-8-6-7-9-11-16-20-30(2)3/h25-26,30-34,36,39,41H,4-24,27-29H2,1-3H3,(H2,44,45,46)/b26-25+/t31-,32+,33+,34+,36+/m0/s1. The Balaban J connectivity index is 2.30. The minimum absolute atomic E-state index is 0.0442. The predicted molar refractivity (Wildman–Crippen MR) is 194 cm³/mol. The summed E-state index contributed by atoms with van der Waals surface area (Å²) >= 11 is 0. The first kappa shape index (κ1) is 46.4. The van der Waals surface area contributed by atoms with Crippen LogP contribution in [-0.2, 0) is 32.9 Å². The number of ketones is 1. The van der Waals surface area contributed by atoms with Crippen LogP contribution in [0.5, 0.6) is 0 Å². The van der Waals surface area contributed by atoms with Gasteiger partial charge in [-0.3, -0.25) is 18.9 Å². The van der Waals surface area contributed by atoms with Crippen molar-refractivity contribution in [1.82, 2.24) is 0 Å². The summed E-state index contributed by atoms with van der Waals surface area (Å²) in [4.78, 5) is 55.4. The number of Topliss-reactive ketones (excluding diaryl/α,β-unsaturated/α-hetero) is 1. The van der Waals surface area contributed by atoms with Crippen molar-refractivity contribution >= 4 is 25.5 Å². The molecule has 1 aliphatic carbocycles. The highest BCUT2D eigenvalue weighted by Crippen LogP contribution is 2.36. The molecule has 0 aromatic carbocycles. The quantitative estimate of drug-likeness (QED) is 0.0236. The molecule has 12 heteroatoms. The van der Waals surface area contributed by atoms with Crippen LogP contribution in [0.1, 0.15) is 162 Å². The van der Waals surface area contributed by atoms with Gasteiger partial charge < -0.3 is 29.5 Å². The van der Waals surface area contributed by atoms with Crippen molar-refractivity contribution < 1.29 is 52.9 Å². The Morgan fingerprint density at radius 1 is 0.820 bits per heavy atom. The number of phosphoric acid groups is 1. The molecule has 0 saturated heterocycles. The Morgan fingerprint density at radius 3 is 1.98 bits per heavy atom. The largest absolute Gasteiger partial charge is 0.469 e. The molecule has 0 aliphatic heterocycles. The molecule has 1 fully saturated rings. The SMILES string of the molecule is CCCCC[C@H](O)/C=C/[C@H]1[C@H](O)CC(=O)[C@@H]1CCCCCCC(=O)OC[C@H](COP(=O)(O)O)OC(=O)CCCCCCCCCCCC(C)C. The molecule has 0 unspecified atom stereocenters. The van der Waals surface area contributed by atoms with Crippen LogP contribution in [0, 0.1) is 17.8 Å². The fourth-order valence-electron chi connectivity index (χ4n) is 6.39. The van der Waals surface area contributed by atoms with Gasteiger partial charge in [-0.15, -0.1) is 0 Å². The highest BCUT2D eigenvalue weighted by molar-refractivity contribution is 7.46. The third kappa shape index (κ3) is 24.5. The molecule has 4 N–H and O–H groups in total. The van der Waals surface area contributed by atoms with Crippen molar-refractivity contribution in [3.63, 3.8) is 0 Å². The first-order valence-electron chi connectivity index (χ1n) is 19.4. The maximum absolute atomic E-state index is 12.5. The molecule has 5 atom stereocenters. The number of aliphatic hydroxyl groups excluding tert-OH is 2. The van der Waals surface area contributed by atoms with E-state index in [1.165, 1.54) is 38.5 Å². The Kier molecular flexibility index (Phi) is 25.9. The lowest BCUT2D eigenvalue weighted by Crippen LogP contribution is -2.29. The van der Waals surface area contributed by atoms with E-state index in [0.29, 0.717) is 25.7 Å². The third-order valence-corrected chi connectivity index (χ3v) is 9.84. The Hall–Kier alpha value is -1.62. The Labute approximate surface area is 301 Å². The van der Waals surface area contributed by atoms with Gasteiger partial charge in [0, 0.05) is 31.1 Å². The summed E-state index contributed by atoms with van der Waals surface area (Å²) in [6, 6.07) is 0. The van der Waals surface area contributed by atoms with E-state index in [0.717, 1.165) is 63.7 Å². The lowest BCUT2D eigenvalue weighted by Gasteiger charge is -2.18. The number of unbranched alkanes of at least 4 members (excludes halogenated alkanes) is 13. The van der Waals surface area contributed by atoms with E-state index in [2.05, 4.69) is 25.3 Å². The third-order valence-electron chi connectivity index (χ3n) is 9.36. The van der Waals surface area contributed by atoms with E-state index in [9.17, 15) is 29.2 Å². The molecule has 1 rings (SSSR count). The van der Waals surface area contributed by atoms with Crippen LogP contribution < -0.4 is 0 Å². The van der Waals surface area contributed by atoms with Crippen molar-refractivity contribution in [1.29, 1.82) is 0 Å². The van der Waals surface area contributed by atoms with Gasteiger partial charge in [-0.25, -0.2) is 4.57 Å². The molecule has 0 bridgehead atoms. The van der Waals surface area contributed by atoms with Gasteiger partial charge in [0.15, 0.2) is 6.10 Å². The molecule has 0 amide bonds. The fraction of sp³-hybridized carbons (Fsp3) is 0.868. The van der Waals surface area contributed by atoms with Gasteiger partial charge in [-0.1, -0.05) is 129 Å². The molecule has 0 radical (unpaired) electrons. The van der Waals surface area contributed by atoms with Crippen molar-refractivity contribution in [3.8, 4) is 0 Å². The minimum atomic E-state index is -4.80. The van der Waals surface area contributed by atoms with Crippen molar-refractivity contribution in [2.24, 2.45) is 17.8 Å². The summed E-state index contributed by atoms with van der Waals surface area (Å²) in [7, 11) is -4.80. The topological polar surface area (TPSA) is 177 Å². The lowest BCUT2D eigenvalue weighted by molar-refractivity contribution is -0.161. The second-order valence-corrected chi connectivity index (χ2v) is 15.8. The van der Waals surface area contributed by atoms with E-state index in [1.807, 2.05) is 0 Å². The van der Waals surface area contributed by atoms with Crippen LogP contribution in [-0.4, -0.2) is 69.2 Å². The Morgan fingerprint density at radius 2 is 1.38 bits per heavy atom. The number of carbonyl (C=O) groups is 3. The molecule has 0 spiro atoms. The van der Waals surface area contributed by atoms with Crippen LogP contribution in [0.2, 0.25) is 0 Å². The second-order valence-electron chi connectivity index (χ2n) is 14.5. The van der Waals surface area contributed by atoms with Gasteiger partial charge in [0.05, 0.1) is 18.8 Å². The molecule has 292 valence electrons. The number of hydrogen-bond donors (Lipinski definition) is 4. The van der Waals surface area contributed by atoms with Gasteiger partial charge in [-0.2, -0.15) is 0 Å². The zero-order valence-corrected chi connectivity index (χ0v) is 32.1. The van der Waals surface area contributed by atoms with Crippen LogP contribution in [0.25, 0.3) is 0 Å². The zero-order valence-electron chi connectivity index (χ0n) is 31.2. The average molecular weight is 733 g/mol. The summed E-state index contributed by atoms with van der Waals surface area (Å²) in [6.45, 7) is 5.65. The van der Waals surface area contributed by atoms with Crippen LogP contribution in [0.4, 0.5) is 0 Å².